The van der Waals surface area contributed by atoms with Crippen LogP contribution in [-0.2, 0) is 4.74 Å². The maximum Gasteiger partial charge on any atom is 0.200 e. The number of ketones is 1. The van der Waals surface area contributed by atoms with Gasteiger partial charge in [-0.2, -0.15) is 0 Å². The van der Waals surface area contributed by atoms with Crippen molar-refractivity contribution in [3.05, 3.63) is 65.7 Å². The molecule has 0 saturated carbocycles. The molecule has 4 nitrogen and oxygen atoms in total. The smallest absolute Gasteiger partial charge is 0.200 e. The lowest BCUT2D eigenvalue weighted by molar-refractivity contribution is 0.0276. The average Bonchev–Trinajstić information content (AvgIpc) is 2.61. The van der Waals surface area contributed by atoms with Gasteiger partial charge >= 0.3 is 0 Å². The summed E-state index contributed by atoms with van der Waals surface area (Å²) < 4.78 is 11.3. The van der Waals surface area contributed by atoms with Crippen LogP contribution in [0, 0.1) is 0 Å². The van der Waals surface area contributed by atoms with Gasteiger partial charge in [-0.1, -0.05) is 42.5 Å². The molecule has 0 aromatic heterocycles. The van der Waals surface area contributed by atoms with Gasteiger partial charge in [0.05, 0.1) is 12.7 Å². The fraction of sp³-hybridized carbons (Fsp3) is 0.278. The minimum atomic E-state index is -0.0236. The number of Topliss-reactive ketones (excluding diaryl/α,β-unsaturated/α-hetero) is 1. The van der Waals surface area contributed by atoms with Gasteiger partial charge in [-0.25, -0.2) is 0 Å². The third-order valence-electron chi connectivity index (χ3n) is 3.65. The van der Waals surface area contributed by atoms with Crippen molar-refractivity contribution in [2.45, 2.75) is 6.10 Å². The molecule has 0 bridgehead atoms. The van der Waals surface area contributed by atoms with E-state index in [1.54, 1.807) is 12.1 Å². The molecule has 1 aliphatic rings. The van der Waals surface area contributed by atoms with E-state index >= 15 is 0 Å². The van der Waals surface area contributed by atoms with Crippen LogP contribution in [0.2, 0.25) is 0 Å². The summed E-state index contributed by atoms with van der Waals surface area (Å²) >= 11 is 0. The Kier molecular flexibility index (Phi) is 4.83. The molecular formula is C18H19NO3. The van der Waals surface area contributed by atoms with Crippen molar-refractivity contribution >= 4 is 5.78 Å². The van der Waals surface area contributed by atoms with Crippen LogP contribution in [0.5, 0.6) is 5.75 Å². The monoisotopic (exact) mass is 297 g/mol. The first-order valence-electron chi connectivity index (χ1n) is 7.46. The predicted octanol–water partition coefficient (Wildman–Crippen LogP) is 2.61. The minimum Gasteiger partial charge on any atom is -0.485 e. The van der Waals surface area contributed by atoms with Crippen LogP contribution in [0.25, 0.3) is 0 Å². The van der Waals surface area contributed by atoms with Gasteiger partial charge in [0, 0.05) is 18.7 Å². The second-order valence-electron chi connectivity index (χ2n) is 5.21. The second kappa shape index (κ2) is 7.20. The first-order valence-corrected chi connectivity index (χ1v) is 7.46. The third-order valence-corrected chi connectivity index (χ3v) is 3.65. The van der Waals surface area contributed by atoms with E-state index in [2.05, 4.69) is 5.32 Å². The highest BCUT2D eigenvalue weighted by atomic mass is 16.5. The number of carbonyl (C=O) groups is 1. The van der Waals surface area contributed by atoms with Crippen LogP contribution in [-0.4, -0.2) is 32.1 Å². The molecule has 0 spiro atoms. The first-order chi connectivity index (χ1) is 10.8. The fourth-order valence-corrected chi connectivity index (χ4v) is 2.41. The van der Waals surface area contributed by atoms with Gasteiger partial charge in [0.15, 0.2) is 12.4 Å². The summed E-state index contributed by atoms with van der Waals surface area (Å²) in [6.45, 7) is 2.51. The Morgan fingerprint density at radius 2 is 1.91 bits per heavy atom. The Morgan fingerprint density at radius 3 is 2.59 bits per heavy atom. The third kappa shape index (κ3) is 3.72. The van der Waals surface area contributed by atoms with Crippen molar-refractivity contribution in [1.82, 2.24) is 5.32 Å². The molecule has 0 radical (unpaired) electrons. The summed E-state index contributed by atoms with van der Waals surface area (Å²) in [5, 5.41) is 3.31. The number of carbonyl (C=O) groups excluding carboxylic acids is 1. The number of rotatable bonds is 5. The molecule has 4 heteroatoms. The van der Waals surface area contributed by atoms with Crippen molar-refractivity contribution in [3.63, 3.8) is 0 Å². The van der Waals surface area contributed by atoms with E-state index < -0.39 is 0 Å². The Morgan fingerprint density at radius 1 is 1.14 bits per heavy atom. The molecule has 0 amide bonds. The van der Waals surface area contributed by atoms with E-state index in [0.29, 0.717) is 11.3 Å². The predicted molar refractivity (Wildman–Crippen MR) is 84.3 cm³/mol. The SMILES string of the molecule is O=C(COc1ccc(C2CNCCO2)cc1)c1ccccc1. The van der Waals surface area contributed by atoms with E-state index in [1.807, 2.05) is 42.5 Å². The fourth-order valence-electron chi connectivity index (χ4n) is 2.41. The summed E-state index contributed by atoms with van der Waals surface area (Å²) in [5.74, 6) is 0.668. The average molecular weight is 297 g/mol. The van der Waals surface area contributed by atoms with Crippen molar-refractivity contribution in [2.24, 2.45) is 0 Å². The zero-order valence-corrected chi connectivity index (χ0v) is 12.3. The van der Waals surface area contributed by atoms with E-state index in [1.165, 1.54) is 0 Å². The minimum absolute atomic E-state index is 0.0236. The highest BCUT2D eigenvalue weighted by Gasteiger charge is 2.15. The molecule has 1 aliphatic heterocycles. The summed E-state index contributed by atoms with van der Waals surface area (Å²) in [6, 6.07) is 16.9. The highest BCUT2D eigenvalue weighted by molar-refractivity contribution is 5.97. The summed E-state index contributed by atoms with van der Waals surface area (Å²) in [7, 11) is 0. The van der Waals surface area contributed by atoms with Gasteiger partial charge in [-0.3, -0.25) is 4.79 Å². The summed E-state index contributed by atoms with van der Waals surface area (Å²) in [4.78, 5) is 12.0. The Bertz CT molecular complexity index is 604. The van der Waals surface area contributed by atoms with Crippen LogP contribution in [0.15, 0.2) is 54.6 Å². The molecule has 3 rings (SSSR count). The molecule has 1 fully saturated rings. The zero-order chi connectivity index (χ0) is 15.2. The molecule has 22 heavy (non-hydrogen) atoms. The molecule has 1 atom stereocenters. The maximum absolute atomic E-state index is 12.0. The Balaban J connectivity index is 1.56. The van der Waals surface area contributed by atoms with Gasteiger partial charge in [0.25, 0.3) is 0 Å². The van der Waals surface area contributed by atoms with Crippen LogP contribution in [0.3, 0.4) is 0 Å². The number of hydrogen-bond donors (Lipinski definition) is 1. The zero-order valence-electron chi connectivity index (χ0n) is 12.3. The molecule has 0 aliphatic carbocycles. The molecule has 1 unspecified atom stereocenters. The van der Waals surface area contributed by atoms with E-state index in [-0.39, 0.29) is 18.5 Å². The van der Waals surface area contributed by atoms with Crippen molar-refractivity contribution in [1.29, 1.82) is 0 Å². The van der Waals surface area contributed by atoms with Crippen LogP contribution in [0.4, 0.5) is 0 Å². The lowest BCUT2D eigenvalue weighted by Crippen LogP contribution is -2.33. The van der Waals surface area contributed by atoms with E-state index in [4.69, 9.17) is 9.47 Å². The quantitative estimate of drug-likeness (QED) is 0.862. The van der Waals surface area contributed by atoms with Crippen LogP contribution < -0.4 is 10.1 Å². The number of nitrogens with one attached hydrogen (secondary N) is 1. The largest absolute Gasteiger partial charge is 0.485 e. The molecule has 1 heterocycles. The van der Waals surface area contributed by atoms with Gasteiger partial charge < -0.3 is 14.8 Å². The lowest BCUT2D eigenvalue weighted by Gasteiger charge is -2.24. The summed E-state index contributed by atoms with van der Waals surface area (Å²) in [6.07, 6.45) is 0.0914. The number of benzene rings is 2. The van der Waals surface area contributed by atoms with Crippen molar-refractivity contribution in [3.8, 4) is 5.75 Å². The van der Waals surface area contributed by atoms with Crippen molar-refractivity contribution in [2.75, 3.05) is 26.3 Å². The first kappa shape index (κ1) is 14.8. The molecule has 2 aromatic carbocycles. The molecule has 1 N–H and O–H groups in total. The van der Waals surface area contributed by atoms with E-state index in [0.717, 1.165) is 25.3 Å². The molecule has 114 valence electrons. The second-order valence-corrected chi connectivity index (χ2v) is 5.21. The highest BCUT2D eigenvalue weighted by Crippen LogP contribution is 2.21. The Labute approximate surface area is 130 Å². The van der Waals surface area contributed by atoms with Gasteiger partial charge in [0.1, 0.15) is 5.75 Å². The van der Waals surface area contributed by atoms with E-state index in [9.17, 15) is 4.79 Å². The number of ether oxygens (including phenoxy) is 2. The standard InChI is InChI=1S/C18H19NO3/c20-17(14-4-2-1-3-5-14)13-22-16-8-6-15(7-9-16)18-12-19-10-11-21-18/h1-9,18-19H,10-13H2. The summed E-state index contributed by atoms with van der Waals surface area (Å²) in [5.41, 5.74) is 1.79. The molecule has 1 saturated heterocycles. The Hall–Kier alpha value is -2.17. The van der Waals surface area contributed by atoms with Crippen molar-refractivity contribution < 1.29 is 14.3 Å². The van der Waals surface area contributed by atoms with Crippen LogP contribution in [0.1, 0.15) is 22.0 Å². The van der Waals surface area contributed by atoms with Gasteiger partial charge in [-0.05, 0) is 17.7 Å². The lowest BCUT2D eigenvalue weighted by atomic mass is 10.1. The molecular weight excluding hydrogens is 278 g/mol. The van der Waals surface area contributed by atoms with Gasteiger partial charge in [-0.15, -0.1) is 0 Å². The van der Waals surface area contributed by atoms with Gasteiger partial charge in [0.2, 0.25) is 0 Å². The number of hydrogen-bond acceptors (Lipinski definition) is 4. The van der Waals surface area contributed by atoms with Crippen LogP contribution >= 0.6 is 0 Å². The normalized spacial score (nSPS) is 17.9. The maximum atomic E-state index is 12.0. The molecule has 2 aromatic rings. The topological polar surface area (TPSA) is 47.6 Å². The number of morpholine rings is 1.